The molecule has 3 rings (SSSR count). The molecular formula is C18H26N4O5S. The molecule has 0 saturated carbocycles. The molecule has 1 saturated heterocycles. The van der Waals surface area contributed by atoms with Gasteiger partial charge in [-0.05, 0) is 51.7 Å². The number of anilines is 1. The smallest absolute Gasteiger partial charge is 0.410 e. The van der Waals surface area contributed by atoms with Crippen molar-refractivity contribution in [2.45, 2.75) is 39.2 Å². The lowest BCUT2D eigenvalue weighted by Crippen LogP contribution is -2.42. The molecule has 2 aliphatic heterocycles. The zero-order chi connectivity index (χ0) is 20.5. The Kier molecular flexibility index (Phi) is 5.42. The van der Waals surface area contributed by atoms with E-state index >= 15 is 0 Å². The van der Waals surface area contributed by atoms with E-state index in [1.807, 2.05) is 20.8 Å². The molecule has 1 amide bonds. The SMILES string of the molecule is CC(C)(C)OC(=O)N1CCC(COc2cccc3c2C(N)=NS(=O)(=O)N3)CC1. The van der Waals surface area contributed by atoms with Crippen LogP contribution in [0.1, 0.15) is 39.2 Å². The summed E-state index contributed by atoms with van der Waals surface area (Å²) < 4.78 is 40.5. The van der Waals surface area contributed by atoms with Gasteiger partial charge < -0.3 is 20.1 Å². The van der Waals surface area contributed by atoms with Crippen LogP contribution >= 0.6 is 0 Å². The van der Waals surface area contributed by atoms with E-state index in [-0.39, 0.29) is 17.8 Å². The highest BCUT2D eigenvalue weighted by molar-refractivity contribution is 7.91. The number of hydrogen-bond donors (Lipinski definition) is 2. The third kappa shape index (κ3) is 4.86. The lowest BCUT2D eigenvalue weighted by atomic mass is 9.98. The van der Waals surface area contributed by atoms with Gasteiger partial charge in [-0.2, -0.15) is 8.42 Å². The quantitative estimate of drug-likeness (QED) is 0.786. The minimum absolute atomic E-state index is 0.0934. The lowest BCUT2D eigenvalue weighted by Gasteiger charge is -2.33. The molecule has 0 bridgehead atoms. The van der Waals surface area contributed by atoms with Gasteiger partial charge >= 0.3 is 16.3 Å². The van der Waals surface area contributed by atoms with E-state index in [9.17, 15) is 13.2 Å². The molecule has 1 aromatic carbocycles. The Bertz CT molecular complexity index is 884. The number of amidine groups is 1. The molecule has 0 atom stereocenters. The van der Waals surface area contributed by atoms with E-state index in [4.69, 9.17) is 15.2 Å². The molecule has 0 radical (unpaired) electrons. The number of nitrogens with one attached hydrogen (secondary N) is 1. The average molecular weight is 410 g/mol. The average Bonchev–Trinajstić information content (AvgIpc) is 2.57. The van der Waals surface area contributed by atoms with Gasteiger partial charge in [0.25, 0.3) is 0 Å². The van der Waals surface area contributed by atoms with Crippen molar-refractivity contribution in [1.82, 2.24) is 4.90 Å². The van der Waals surface area contributed by atoms with Crippen LogP contribution in [0.5, 0.6) is 5.75 Å². The number of hydrogen-bond acceptors (Lipinski definition) is 6. The fourth-order valence-corrected chi connectivity index (χ4v) is 4.00. The van der Waals surface area contributed by atoms with Gasteiger partial charge in [0.05, 0.1) is 17.9 Å². The minimum Gasteiger partial charge on any atom is -0.492 e. The third-order valence-electron chi connectivity index (χ3n) is 4.48. The third-order valence-corrected chi connectivity index (χ3v) is 5.40. The van der Waals surface area contributed by atoms with Crippen molar-refractivity contribution in [2.75, 3.05) is 24.4 Å². The maximum Gasteiger partial charge on any atom is 0.410 e. The fourth-order valence-electron chi connectivity index (χ4n) is 3.15. The highest BCUT2D eigenvalue weighted by Crippen LogP contribution is 2.31. The summed E-state index contributed by atoms with van der Waals surface area (Å²) in [5.41, 5.74) is 6.12. The number of nitrogens with zero attached hydrogens (tertiary/aromatic N) is 2. The van der Waals surface area contributed by atoms with E-state index in [1.165, 1.54) is 0 Å². The van der Waals surface area contributed by atoms with Crippen LogP contribution < -0.4 is 15.2 Å². The molecule has 9 nitrogen and oxygen atoms in total. The van der Waals surface area contributed by atoms with E-state index in [0.717, 1.165) is 12.8 Å². The normalized spacial score (nSPS) is 19.2. The highest BCUT2D eigenvalue weighted by atomic mass is 32.2. The predicted molar refractivity (Wildman–Crippen MR) is 106 cm³/mol. The van der Waals surface area contributed by atoms with Gasteiger partial charge in [0.2, 0.25) is 0 Å². The van der Waals surface area contributed by atoms with Gasteiger partial charge in [0, 0.05) is 13.1 Å². The first-order valence-corrected chi connectivity index (χ1v) is 10.6. The fraction of sp³-hybridized carbons (Fsp3) is 0.556. The molecular weight excluding hydrogens is 384 g/mol. The summed E-state index contributed by atoms with van der Waals surface area (Å²) in [6, 6.07) is 5.04. The summed E-state index contributed by atoms with van der Waals surface area (Å²) >= 11 is 0. The molecule has 0 spiro atoms. The number of amides is 1. The zero-order valence-corrected chi connectivity index (χ0v) is 17.1. The van der Waals surface area contributed by atoms with E-state index in [0.29, 0.717) is 36.7 Å². The molecule has 10 heteroatoms. The second kappa shape index (κ2) is 7.50. The Hall–Kier alpha value is -2.49. The number of rotatable bonds is 3. The van der Waals surface area contributed by atoms with Crippen molar-refractivity contribution in [3.8, 4) is 5.75 Å². The van der Waals surface area contributed by atoms with E-state index < -0.39 is 15.8 Å². The highest BCUT2D eigenvalue weighted by Gasteiger charge is 2.28. The molecule has 154 valence electrons. The molecule has 2 heterocycles. The van der Waals surface area contributed by atoms with Gasteiger partial charge in [-0.25, -0.2) is 4.79 Å². The lowest BCUT2D eigenvalue weighted by molar-refractivity contribution is 0.0165. The van der Waals surface area contributed by atoms with Crippen molar-refractivity contribution < 1.29 is 22.7 Å². The van der Waals surface area contributed by atoms with Crippen LogP contribution in [0.15, 0.2) is 22.6 Å². The Labute approximate surface area is 165 Å². The molecule has 0 unspecified atom stereocenters. The molecule has 1 fully saturated rings. The summed E-state index contributed by atoms with van der Waals surface area (Å²) in [6.45, 7) is 7.21. The second-order valence-corrected chi connectivity index (χ2v) is 9.29. The molecule has 0 aromatic heterocycles. The first-order valence-electron chi connectivity index (χ1n) is 9.16. The van der Waals surface area contributed by atoms with Crippen LogP contribution in [0.2, 0.25) is 0 Å². The Morgan fingerprint density at radius 1 is 1.32 bits per heavy atom. The summed E-state index contributed by atoms with van der Waals surface area (Å²) in [5, 5.41) is 0. The van der Waals surface area contributed by atoms with Crippen LogP contribution in [0.25, 0.3) is 0 Å². The molecule has 28 heavy (non-hydrogen) atoms. The first kappa shape index (κ1) is 20.2. The van der Waals surface area contributed by atoms with Gasteiger partial charge in [-0.15, -0.1) is 4.40 Å². The number of carbonyl (C=O) groups excluding carboxylic acids is 1. The topological polar surface area (TPSA) is 123 Å². The van der Waals surface area contributed by atoms with E-state index in [2.05, 4.69) is 9.12 Å². The molecule has 1 aromatic rings. The monoisotopic (exact) mass is 410 g/mol. The zero-order valence-electron chi connectivity index (χ0n) is 16.3. The number of likely N-dealkylation sites (tertiary alicyclic amines) is 1. The first-order chi connectivity index (χ1) is 13.0. The maximum atomic E-state index is 12.1. The standard InChI is InChI=1S/C18H26N4O5S/c1-18(2,3)27-17(23)22-9-7-12(8-10-22)11-26-14-6-4-5-13-15(14)16(19)21-28(24,25)20-13/h4-6,12,20H,7-11H2,1-3H3,(H2,19,21). The Morgan fingerprint density at radius 3 is 2.64 bits per heavy atom. The molecule has 2 aliphatic rings. The number of carbonyl (C=O) groups is 1. The maximum absolute atomic E-state index is 12.1. The van der Waals surface area contributed by atoms with Gasteiger partial charge in [-0.3, -0.25) is 4.72 Å². The minimum atomic E-state index is -3.82. The van der Waals surface area contributed by atoms with Gasteiger partial charge in [-0.1, -0.05) is 6.07 Å². The van der Waals surface area contributed by atoms with Crippen LogP contribution in [-0.4, -0.2) is 50.5 Å². The number of fused-ring (bicyclic) bond motifs is 1. The van der Waals surface area contributed by atoms with Crippen LogP contribution in [-0.2, 0) is 14.9 Å². The van der Waals surface area contributed by atoms with Crippen molar-refractivity contribution >= 4 is 27.8 Å². The van der Waals surface area contributed by atoms with Crippen molar-refractivity contribution in [3.05, 3.63) is 23.8 Å². The second-order valence-electron chi connectivity index (χ2n) is 7.95. The molecule has 3 N–H and O–H groups in total. The van der Waals surface area contributed by atoms with Crippen molar-refractivity contribution in [2.24, 2.45) is 16.0 Å². The van der Waals surface area contributed by atoms with Gasteiger partial charge in [0.15, 0.2) is 5.84 Å². The summed E-state index contributed by atoms with van der Waals surface area (Å²) in [6.07, 6.45) is 1.30. The number of nitrogens with two attached hydrogens (primary N) is 1. The van der Waals surface area contributed by atoms with Crippen LogP contribution in [0.4, 0.5) is 10.5 Å². The van der Waals surface area contributed by atoms with Crippen molar-refractivity contribution in [3.63, 3.8) is 0 Å². The summed E-state index contributed by atoms with van der Waals surface area (Å²) in [7, 11) is -3.82. The van der Waals surface area contributed by atoms with E-state index in [1.54, 1.807) is 23.1 Å². The largest absolute Gasteiger partial charge is 0.492 e. The van der Waals surface area contributed by atoms with Crippen molar-refractivity contribution in [1.29, 1.82) is 0 Å². The summed E-state index contributed by atoms with van der Waals surface area (Å²) in [4.78, 5) is 13.9. The Balaban J connectivity index is 1.58. The van der Waals surface area contributed by atoms with Gasteiger partial charge in [0.1, 0.15) is 11.4 Å². The number of piperidine rings is 1. The number of benzene rings is 1. The predicted octanol–water partition coefficient (Wildman–Crippen LogP) is 2.09. The molecule has 0 aliphatic carbocycles. The number of ether oxygens (including phenoxy) is 2. The summed E-state index contributed by atoms with van der Waals surface area (Å²) in [5.74, 6) is 0.660. The van der Waals surface area contributed by atoms with Crippen LogP contribution in [0.3, 0.4) is 0 Å². The Morgan fingerprint density at radius 2 is 2.00 bits per heavy atom. The van der Waals surface area contributed by atoms with Crippen LogP contribution in [0, 0.1) is 5.92 Å².